The molecule has 3 nitrogen and oxygen atoms in total. The Morgan fingerprint density at radius 2 is 1.67 bits per heavy atom. The highest BCUT2D eigenvalue weighted by Gasteiger charge is 2.40. The molecule has 1 fully saturated rings. The molecule has 0 heterocycles. The van der Waals surface area contributed by atoms with Gasteiger partial charge in [-0.3, -0.25) is 4.79 Å². The Hall–Kier alpha value is -1.64. The molecule has 0 bridgehead atoms. The first-order valence-corrected chi connectivity index (χ1v) is 6.43. The Morgan fingerprint density at radius 1 is 1.06 bits per heavy atom. The number of esters is 1. The molecule has 0 atom stereocenters. The molecule has 1 aromatic rings. The zero-order valence-electron chi connectivity index (χ0n) is 10.6. The minimum atomic E-state index is -0.884. The topological polar surface area (TPSA) is 43.4 Å². The maximum atomic E-state index is 12.0. The van der Waals surface area contributed by atoms with Crippen LogP contribution < -0.4 is 0 Å². The van der Waals surface area contributed by atoms with Crippen molar-refractivity contribution in [1.29, 1.82) is 0 Å². The molecule has 0 N–H and O–H groups in total. The Kier molecular flexibility index (Phi) is 3.80. The number of hydrogen-bond donors (Lipinski definition) is 0. The zero-order valence-corrected chi connectivity index (χ0v) is 10.6. The van der Waals surface area contributed by atoms with Crippen LogP contribution in [0.4, 0.5) is 0 Å². The van der Waals surface area contributed by atoms with Crippen LogP contribution >= 0.6 is 0 Å². The SMILES string of the molecule is CC(=O)C1(OC(=O)c2ccccc2)CCCCC1. The van der Waals surface area contributed by atoms with E-state index in [2.05, 4.69) is 0 Å². The van der Waals surface area contributed by atoms with Gasteiger partial charge in [0.2, 0.25) is 0 Å². The number of rotatable bonds is 3. The van der Waals surface area contributed by atoms with Gasteiger partial charge in [-0.1, -0.05) is 24.6 Å². The van der Waals surface area contributed by atoms with Crippen LogP contribution in [0.25, 0.3) is 0 Å². The van der Waals surface area contributed by atoms with E-state index >= 15 is 0 Å². The van der Waals surface area contributed by atoms with E-state index in [-0.39, 0.29) is 5.78 Å². The standard InChI is InChI=1S/C15H18O3/c1-12(16)15(10-6-3-7-11-15)18-14(17)13-8-4-2-5-9-13/h2,4-5,8-9H,3,6-7,10-11H2,1H3. The van der Waals surface area contributed by atoms with Gasteiger partial charge in [-0.25, -0.2) is 4.79 Å². The van der Waals surface area contributed by atoms with Gasteiger partial charge in [0.1, 0.15) is 0 Å². The van der Waals surface area contributed by atoms with Gasteiger partial charge in [0.15, 0.2) is 11.4 Å². The fourth-order valence-corrected chi connectivity index (χ4v) is 2.46. The molecule has 0 aromatic heterocycles. The number of carbonyl (C=O) groups excluding carboxylic acids is 2. The first-order chi connectivity index (χ1) is 8.64. The lowest BCUT2D eigenvalue weighted by molar-refractivity contribution is -0.139. The second-order valence-electron chi connectivity index (χ2n) is 4.87. The van der Waals surface area contributed by atoms with Crippen molar-refractivity contribution in [2.45, 2.75) is 44.6 Å². The maximum absolute atomic E-state index is 12.0. The second-order valence-corrected chi connectivity index (χ2v) is 4.87. The first-order valence-electron chi connectivity index (χ1n) is 6.43. The van der Waals surface area contributed by atoms with E-state index in [1.165, 1.54) is 6.92 Å². The van der Waals surface area contributed by atoms with Crippen LogP contribution in [0.1, 0.15) is 49.4 Å². The second kappa shape index (κ2) is 5.34. The average molecular weight is 246 g/mol. The van der Waals surface area contributed by atoms with Gasteiger partial charge >= 0.3 is 5.97 Å². The quantitative estimate of drug-likeness (QED) is 0.769. The third-order valence-corrected chi connectivity index (χ3v) is 3.60. The van der Waals surface area contributed by atoms with E-state index in [0.717, 1.165) is 19.3 Å². The van der Waals surface area contributed by atoms with Crippen LogP contribution in [-0.2, 0) is 9.53 Å². The number of ketones is 1. The number of ether oxygens (including phenoxy) is 1. The Balaban J connectivity index is 2.15. The predicted octanol–water partition coefficient (Wildman–Crippen LogP) is 3.14. The summed E-state index contributed by atoms with van der Waals surface area (Å²) in [6.07, 6.45) is 4.31. The van der Waals surface area contributed by atoms with Crippen LogP contribution in [-0.4, -0.2) is 17.4 Å². The van der Waals surface area contributed by atoms with Crippen molar-refractivity contribution in [2.75, 3.05) is 0 Å². The van der Waals surface area contributed by atoms with Crippen molar-refractivity contribution in [1.82, 2.24) is 0 Å². The highest BCUT2D eigenvalue weighted by atomic mass is 16.6. The highest BCUT2D eigenvalue weighted by Crippen LogP contribution is 2.33. The van der Waals surface area contributed by atoms with Crippen LogP contribution in [0, 0.1) is 0 Å². The van der Waals surface area contributed by atoms with Crippen LogP contribution in [0.3, 0.4) is 0 Å². The average Bonchev–Trinajstić information content (AvgIpc) is 2.40. The van der Waals surface area contributed by atoms with Gasteiger partial charge in [-0.05, 0) is 44.7 Å². The molecule has 0 saturated heterocycles. The van der Waals surface area contributed by atoms with Gasteiger partial charge in [0.05, 0.1) is 5.56 Å². The third kappa shape index (κ3) is 2.61. The maximum Gasteiger partial charge on any atom is 0.339 e. The van der Waals surface area contributed by atoms with Gasteiger partial charge in [0.25, 0.3) is 0 Å². The highest BCUT2D eigenvalue weighted by molar-refractivity contribution is 5.94. The van der Waals surface area contributed by atoms with Crippen molar-refractivity contribution < 1.29 is 14.3 Å². The number of hydrogen-bond acceptors (Lipinski definition) is 3. The molecule has 0 radical (unpaired) electrons. The van der Waals surface area contributed by atoms with E-state index in [0.29, 0.717) is 18.4 Å². The van der Waals surface area contributed by atoms with Gasteiger partial charge in [0, 0.05) is 0 Å². The minimum Gasteiger partial charge on any atom is -0.447 e. The fourth-order valence-electron chi connectivity index (χ4n) is 2.46. The molecule has 1 aromatic carbocycles. The molecule has 0 spiro atoms. The number of benzene rings is 1. The number of carbonyl (C=O) groups is 2. The van der Waals surface area contributed by atoms with Crippen molar-refractivity contribution in [3.8, 4) is 0 Å². The number of Topliss-reactive ketones (excluding diaryl/α,β-unsaturated/α-hetero) is 1. The van der Waals surface area contributed by atoms with Gasteiger partial charge < -0.3 is 4.74 Å². The molecule has 0 unspecified atom stereocenters. The summed E-state index contributed by atoms with van der Waals surface area (Å²) in [7, 11) is 0. The molecule has 18 heavy (non-hydrogen) atoms. The molecule has 0 aliphatic heterocycles. The summed E-state index contributed by atoms with van der Waals surface area (Å²) in [5, 5.41) is 0. The van der Waals surface area contributed by atoms with E-state index in [9.17, 15) is 9.59 Å². The van der Waals surface area contributed by atoms with Crippen LogP contribution in [0.2, 0.25) is 0 Å². The molecule has 96 valence electrons. The van der Waals surface area contributed by atoms with Crippen LogP contribution in [0.5, 0.6) is 0 Å². The summed E-state index contributed by atoms with van der Waals surface area (Å²) >= 11 is 0. The van der Waals surface area contributed by atoms with Crippen molar-refractivity contribution >= 4 is 11.8 Å². The Morgan fingerprint density at radius 3 is 2.22 bits per heavy atom. The van der Waals surface area contributed by atoms with Crippen molar-refractivity contribution in [3.05, 3.63) is 35.9 Å². The Labute approximate surface area is 107 Å². The molecular weight excluding hydrogens is 228 g/mol. The van der Waals surface area contributed by atoms with Crippen molar-refractivity contribution in [2.24, 2.45) is 0 Å². The molecule has 1 aliphatic carbocycles. The molecule has 2 rings (SSSR count). The summed E-state index contributed by atoms with van der Waals surface area (Å²) < 4.78 is 5.54. The van der Waals surface area contributed by atoms with Gasteiger partial charge in [-0.2, -0.15) is 0 Å². The first kappa shape index (κ1) is 12.8. The lowest BCUT2D eigenvalue weighted by Gasteiger charge is -2.34. The minimum absolute atomic E-state index is 0.0357. The van der Waals surface area contributed by atoms with Gasteiger partial charge in [-0.15, -0.1) is 0 Å². The van der Waals surface area contributed by atoms with E-state index in [1.807, 2.05) is 6.07 Å². The third-order valence-electron chi connectivity index (χ3n) is 3.60. The summed E-state index contributed by atoms with van der Waals surface area (Å²) in [5.74, 6) is -0.431. The van der Waals surface area contributed by atoms with E-state index < -0.39 is 11.6 Å². The Bertz CT molecular complexity index is 430. The summed E-state index contributed by atoms with van der Waals surface area (Å²) in [5.41, 5.74) is -0.380. The van der Waals surface area contributed by atoms with E-state index in [1.54, 1.807) is 24.3 Å². The molecule has 1 saturated carbocycles. The smallest absolute Gasteiger partial charge is 0.339 e. The lowest BCUT2D eigenvalue weighted by atomic mass is 9.82. The normalized spacial score (nSPS) is 18.1. The predicted molar refractivity (Wildman–Crippen MR) is 68.4 cm³/mol. The molecular formula is C15H18O3. The molecule has 0 amide bonds. The summed E-state index contributed by atoms with van der Waals surface area (Å²) in [4.78, 5) is 23.9. The lowest BCUT2D eigenvalue weighted by Crippen LogP contribution is -2.43. The summed E-state index contributed by atoms with van der Waals surface area (Å²) in [6.45, 7) is 1.52. The molecule has 1 aliphatic rings. The van der Waals surface area contributed by atoms with Crippen molar-refractivity contribution in [3.63, 3.8) is 0 Å². The zero-order chi connectivity index (χ0) is 13.0. The van der Waals surface area contributed by atoms with E-state index in [4.69, 9.17) is 4.74 Å². The fraction of sp³-hybridized carbons (Fsp3) is 0.467. The molecule has 3 heteroatoms. The van der Waals surface area contributed by atoms with Crippen LogP contribution in [0.15, 0.2) is 30.3 Å². The largest absolute Gasteiger partial charge is 0.447 e. The monoisotopic (exact) mass is 246 g/mol. The summed E-state index contributed by atoms with van der Waals surface area (Å²) in [6, 6.07) is 8.84.